The zero-order chi connectivity index (χ0) is 18.8. The van der Waals surface area contributed by atoms with Gasteiger partial charge in [0.2, 0.25) is 5.82 Å². The van der Waals surface area contributed by atoms with Crippen molar-refractivity contribution in [3.63, 3.8) is 0 Å². The van der Waals surface area contributed by atoms with Crippen molar-refractivity contribution in [2.24, 2.45) is 0 Å². The normalized spacial score (nSPS) is 20.1. The summed E-state index contributed by atoms with van der Waals surface area (Å²) in [6.45, 7) is 2.44. The maximum absolute atomic E-state index is 14.2. The first-order valence-electron chi connectivity index (χ1n) is 8.07. The number of hydrogen-bond acceptors (Lipinski definition) is 5. The number of halogens is 2. The van der Waals surface area contributed by atoms with Gasteiger partial charge in [0.05, 0.1) is 18.1 Å². The number of nitro benzene ring substituents is 1. The molecule has 0 aromatic heterocycles. The van der Waals surface area contributed by atoms with Crippen molar-refractivity contribution >= 4 is 11.4 Å². The fourth-order valence-electron chi connectivity index (χ4n) is 3.11. The molecule has 2 unspecified atom stereocenters. The molecule has 1 heterocycles. The maximum atomic E-state index is 14.2. The molecule has 0 saturated carbocycles. The van der Waals surface area contributed by atoms with Crippen molar-refractivity contribution in [2.45, 2.75) is 19.1 Å². The summed E-state index contributed by atoms with van der Waals surface area (Å²) >= 11 is 0. The Kier molecular flexibility index (Phi) is 5.03. The molecule has 0 N–H and O–H groups in total. The average molecular weight is 364 g/mol. The molecule has 2 aromatic rings. The number of rotatable bonds is 4. The molecule has 0 spiro atoms. The minimum atomic E-state index is -0.957. The fourth-order valence-corrected chi connectivity index (χ4v) is 3.11. The minimum absolute atomic E-state index is 0.133. The third-order valence-electron chi connectivity index (χ3n) is 4.28. The Morgan fingerprint density at radius 3 is 2.54 bits per heavy atom. The molecule has 0 bridgehead atoms. The van der Waals surface area contributed by atoms with Gasteiger partial charge in [-0.25, -0.2) is 4.39 Å². The van der Waals surface area contributed by atoms with Crippen LogP contribution in [-0.4, -0.2) is 31.2 Å². The van der Waals surface area contributed by atoms with Crippen molar-refractivity contribution in [2.75, 3.05) is 25.1 Å². The summed E-state index contributed by atoms with van der Waals surface area (Å²) < 4.78 is 38.3. The van der Waals surface area contributed by atoms with E-state index < -0.39 is 22.5 Å². The Labute approximate surface area is 149 Å². The highest BCUT2D eigenvalue weighted by Crippen LogP contribution is 2.38. The lowest BCUT2D eigenvalue weighted by molar-refractivity contribution is -0.386. The van der Waals surface area contributed by atoms with Crippen LogP contribution >= 0.6 is 0 Å². The highest BCUT2D eigenvalue weighted by Gasteiger charge is 2.32. The molecule has 1 aliphatic heterocycles. The smallest absolute Gasteiger partial charge is 0.328 e. The molecule has 1 saturated heterocycles. The van der Waals surface area contributed by atoms with E-state index in [0.29, 0.717) is 6.54 Å². The van der Waals surface area contributed by atoms with Gasteiger partial charge in [0.25, 0.3) is 0 Å². The summed E-state index contributed by atoms with van der Waals surface area (Å²) in [6.07, 6.45) is -0.680. The Morgan fingerprint density at radius 1 is 1.23 bits per heavy atom. The van der Waals surface area contributed by atoms with Gasteiger partial charge < -0.3 is 14.4 Å². The number of benzene rings is 2. The van der Waals surface area contributed by atoms with Crippen LogP contribution in [0.1, 0.15) is 18.6 Å². The van der Waals surface area contributed by atoms with Crippen LogP contribution in [0.25, 0.3) is 0 Å². The van der Waals surface area contributed by atoms with E-state index in [1.807, 2.05) is 6.92 Å². The summed E-state index contributed by atoms with van der Waals surface area (Å²) in [5, 5.41) is 11.4. The number of nitrogens with zero attached hydrogens (tertiary/aromatic N) is 2. The first-order valence-corrected chi connectivity index (χ1v) is 8.07. The predicted octanol–water partition coefficient (Wildman–Crippen LogP) is 3.85. The zero-order valence-corrected chi connectivity index (χ0v) is 14.3. The van der Waals surface area contributed by atoms with Gasteiger partial charge in [-0.05, 0) is 24.6 Å². The largest absolute Gasteiger partial charge is 0.497 e. The second-order valence-electron chi connectivity index (χ2n) is 6.13. The highest BCUT2D eigenvalue weighted by molar-refractivity contribution is 5.67. The van der Waals surface area contributed by atoms with Gasteiger partial charge in [-0.3, -0.25) is 10.1 Å². The monoisotopic (exact) mass is 364 g/mol. The van der Waals surface area contributed by atoms with Gasteiger partial charge in [0.1, 0.15) is 23.4 Å². The van der Waals surface area contributed by atoms with E-state index >= 15 is 0 Å². The molecule has 1 fully saturated rings. The molecule has 8 heteroatoms. The second kappa shape index (κ2) is 7.25. The molecule has 0 aliphatic carbocycles. The van der Waals surface area contributed by atoms with Gasteiger partial charge in [0.15, 0.2) is 0 Å². The molecule has 138 valence electrons. The quantitative estimate of drug-likeness (QED) is 0.609. The van der Waals surface area contributed by atoms with Crippen molar-refractivity contribution in [3.05, 3.63) is 63.7 Å². The Balaban J connectivity index is 1.99. The minimum Gasteiger partial charge on any atom is -0.497 e. The third-order valence-corrected chi connectivity index (χ3v) is 4.28. The number of morpholine rings is 1. The van der Waals surface area contributed by atoms with E-state index in [4.69, 9.17) is 9.47 Å². The third kappa shape index (κ3) is 3.60. The summed E-state index contributed by atoms with van der Waals surface area (Å²) in [6, 6.07) is 8.31. The van der Waals surface area contributed by atoms with Gasteiger partial charge in [0, 0.05) is 25.2 Å². The number of anilines is 1. The standard InChI is InChI=1S/C18H18F2N2O4/c1-11-9-21(10-17(26-11)12-3-5-13(19)6-4-12)16-8-14(25-2)7-15(20)18(16)22(23)24/h3-8,11,17H,9-10H2,1-2H3. The number of ether oxygens (including phenoxy) is 2. The highest BCUT2D eigenvalue weighted by atomic mass is 19.1. The van der Waals surface area contributed by atoms with Gasteiger partial charge in [-0.1, -0.05) is 12.1 Å². The lowest BCUT2D eigenvalue weighted by Crippen LogP contribution is -2.43. The zero-order valence-electron chi connectivity index (χ0n) is 14.3. The average Bonchev–Trinajstić information content (AvgIpc) is 2.60. The van der Waals surface area contributed by atoms with E-state index in [1.54, 1.807) is 17.0 Å². The van der Waals surface area contributed by atoms with Crippen molar-refractivity contribution in [3.8, 4) is 5.75 Å². The lowest BCUT2D eigenvalue weighted by Gasteiger charge is -2.38. The van der Waals surface area contributed by atoms with Crippen molar-refractivity contribution in [1.82, 2.24) is 0 Å². The van der Waals surface area contributed by atoms with Crippen LogP contribution in [0.4, 0.5) is 20.2 Å². The van der Waals surface area contributed by atoms with Gasteiger partial charge >= 0.3 is 5.69 Å². The van der Waals surface area contributed by atoms with Crippen LogP contribution < -0.4 is 9.64 Å². The van der Waals surface area contributed by atoms with E-state index in [0.717, 1.165) is 11.6 Å². The molecule has 3 rings (SSSR count). The van der Waals surface area contributed by atoms with Crippen molar-refractivity contribution in [1.29, 1.82) is 0 Å². The number of hydrogen-bond donors (Lipinski definition) is 0. The van der Waals surface area contributed by atoms with Crippen LogP contribution in [0, 0.1) is 21.7 Å². The topological polar surface area (TPSA) is 64.8 Å². The van der Waals surface area contributed by atoms with Gasteiger partial charge in [-0.15, -0.1) is 0 Å². The van der Waals surface area contributed by atoms with Crippen LogP contribution in [0.5, 0.6) is 5.75 Å². The molecule has 0 amide bonds. The second-order valence-corrected chi connectivity index (χ2v) is 6.13. The molecule has 1 aliphatic rings. The number of nitro groups is 1. The fraction of sp³-hybridized carbons (Fsp3) is 0.333. The van der Waals surface area contributed by atoms with Gasteiger partial charge in [-0.2, -0.15) is 4.39 Å². The van der Waals surface area contributed by atoms with E-state index in [-0.39, 0.29) is 29.9 Å². The molecular formula is C18H18F2N2O4. The number of methoxy groups -OCH3 is 1. The van der Waals surface area contributed by atoms with E-state index in [9.17, 15) is 18.9 Å². The first-order chi connectivity index (χ1) is 12.4. The lowest BCUT2D eigenvalue weighted by atomic mass is 10.1. The van der Waals surface area contributed by atoms with Crippen LogP contribution in [0.15, 0.2) is 36.4 Å². The Bertz CT molecular complexity index is 814. The first kappa shape index (κ1) is 18.1. The molecule has 6 nitrogen and oxygen atoms in total. The Hall–Kier alpha value is -2.74. The summed E-state index contributed by atoms with van der Waals surface area (Å²) in [5.41, 5.74) is 0.279. The molecular weight excluding hydrogens is 346 g/mol. The van der Waals surface area contributed by atoms with E-state index in [2.05, 4.69) is 0 Å². The SMILES string of the molecule is COc1cc(F)c([N+](=O)[O-])c(N2CC(C)OC(c3ccc(F)cc3)C2)c1. The summed E-state index contributed by atoms with van der Waals surface area (Å²) in [5.74, 6) is -1.12. The van der Waals surface area contributed by atoms with E-state index in [1.165, 1.54) is 25.3 Å². The van der Waals surface area contributed by atoms with Crippen LogP contribution in [-0.2, 0) is 4.74 Å². The predicted molar refractivity (Wildman–Crippen MR) is 91.5 cm³/mol. The molecule has 2 aromatic carbocycles. The summed E-state index contributed by atoms with van der Waals surface area (Å²) in [4.78, 5) is 12.3. The maximum Gasteiger partial charge on any atom is 0.328 e. The van der Waals surface area contributed by atoms with Crippen molar-refractivity contribution < 1.29 is 23.2 Å². The summed E-state index contributed by atoms with van der Waals surface area (Å²) in [7, 11) is 1.37. The van der Waals surface area contributed by atoms with Crippen LogP contribution in [0.2, 0.25) is 0 Å². The van der Waals surface area contributed by atoms with Crippen LogP contribution in [0.3, 0.4) is 0 Å². The Morgan fingerprint density at radius 2 is 1.92 bits per heavy atom. The molecule has 26 heavy (non-hydrogen) atoms. The molecule has 0 radical (unpaired) electrons. The molecule has 2 atom stereocenters.